The first-order valence-corrected chi connectivity index (χ1v) is 7.95. The molecule has 110 valence electrons. The zero-order valence-electron chi connectivity index (χ0n) is 11.4. The number of hydrogen-bond acceptors (Lipinski definition) is 6. The van der Waals surface area contributed by atoms with Crippen LogP contribution in [0.4, 0.5) is 10.9 Å². The Morgan fingerprint density at radius 3 is 2.75 bits per heavy atom. The molecule has 0 unspecified atom stereocenters. The van der Waals surface area contributed by atoms with Gasteiger partial charge in [-0.15, -0.1) is 0 Å². The number of aromatic nitrogens is 1. The van der Waals surface area contributed by atoms with Crippen LogP contribution in [-0.2, 0) is 0 Å². The van der Waals surface area contributed by atoms with Crippen molar-refractivity contribution in [2.45, 2.75) is 31.7 Å². The second kappa shape index (κ2) is 5.57. The summed E-state index contributed by atoms with van der Waals surface area (Å²) < 4.78 is 0. The number of hydrogen-bond donors (Lipinski definition) is 2. The van der Waals surface area contributed by atoms with Crippen LogP contribution < -0.4 is 10.6 Å². The Balaban J connectivity index is 1.79. The van der Waals surface area contributed by atoms with Crippen LogP contribution >= 0.6 is 11.3 Å². The Morgan fingerprint density at radius 1 is 1.45 bits per heavy atom. The fourth-order valence-electron chi connectivity index (χ4n) is 2.59. The number of carbonyl (C=O) groups excluding carboxylic acids is 1. The Bertz CT molecular complexity index is 495. The van der Waals surface area contributed by atoms with Crippen molar-refractivity contribution in [3.05, 3.63) is 4.88 Å². The molecule has 1 saturated heterocycles. The van der Waals surface area contributed by atoms with Crippen LogP contribution in [0.25, 0.3) is 0 Å². The smallest absolute Gasteiger partial charge is 0.268 e. The van der Waals surface area contributed by atoms with E-state index in [4.69, 9.17) is 10.8 Å². The first-order valence-electron chi connectivity index (χ1n) is 7.14. The van der Waals surface area contributed by atoms with Gasteiger partial charge in [0, 0.05) is 25.7 Å². The highest BCUT2D eigenvalue weighted by atomic mass is 32.1. The standard InChI is InChI=1S/C13H20N4O2S/c14-11-10(12(19)17(7-8-18)9-3-4-9)20-13(15-11)16-5-1-2-6-16/h9,18H,1-8,14H2. The van der Waals surface area contributed by atoms with Gasteiger partial charge in [0.2, 0.25) is 0 Å². The van der Waals surface area contributed by atoms with Crippen molar-refractivity contribution >= 4 is 28.2 Å². The van der Waals surface area contributed by atoms with E-state index in [0.29, 0.717) is 17.2 Å². The molecule has 1 amide bonds. The van der Waals surface area contributed by atoms with Gasteiger partial charge in [-0.1, -0.05) is 11.3 Å². The summed E-state index contributed by atoms with van der Waals surface area (Å²) >= 11 is 1.38. The maximum atomic E-state index is 12.6. The van der Waals surface area contributed by atoms with Crippen LogP contribution in [-0.4, -0.2) is 53.2 Å². The fourth-order valence-corrected chi connectivity index (χ4v) is 3.58. The molecule has 3 rings (SSSR count). The minimum atomic E-state index is -0.0815. The summed E-state index contributed by atoms with van der Waals surface area (Å²) in [6, 6.07) is 0.270. The molecule has 0 radical (unpaired) electrons. The van der Waals surface area contributed by atoms with Gasteiger partial charge in [0.25, 0.3) is 5.91 Å². The average molecular weight is 296 g/mol. The fraction of sp³-hybridized carbons (Fsp3) is 0.692. The van der Waals surface area contributed by atoms with Gasteiger partial charge >= 0.3 is 0 Å². The third kappa shape index (κ3) is 2.60. The van der Waals surface area contributed by atoms with Crippen LogP contribution in [0.3, 0.4) is 0 Å². The normalized spacial score (nSPS) is 18.6. The molecule has 2 heterocycles. The minimum absolute atomic E-state index is 0.0140. The van der Waals surface area contributed by atoms with Gasteiger partial charge in [-0.2, -0.15) is 0 Å². The molecule has 1 aliphatic heterocycles. The molecule has 1 aromatic heterocycles. The topological polar surface area (TPSA) is 82.7 Å². The predicted octanol–water partition coefficient (Wildman–Crippen LogP) is 0.922. The van der Waals surface area contributed by atoms with Crippen molar-refractivity contribution < 1.29 is 9.90 Å². The van der Waals surface area contributed by atoms with Gasteiger partial charge in [0.1, 0.15) is 10.7 Å². The minimum Gasteiger partial charge on any atom is -0.395 e. The molecule has 1 aromatic rings. The van der Waals surface area contributed by atoms with Crippen molar-refractivity contribution in [3.63, 3.8) is 0 Å². The van der Waals surface area contributed by atoms with Crippen LogP contribution in [0.2, 0.25) is 0 Å². The number of nitrogens with zero attached hydrogens (tertiary/aromatic N) is 3. The molecular formula is C13H20N4O2S. The third-order valence-electron chi connectivity index (χ3n) is 3.80. The summed E-state index contributed by atoms with van der Waals surface area (Å²) in [5, 5.41) is 9.96. The lowest BCUT2D eigenvalue weighted by Gasteiger charge is -2.20. The summed E-state index contributed by atoms with van der Waals surface area (Å²) in [6.45, 7) is 2.34. The second-order valence-electron chi connectivity index (χ2n) is 5.36. The van der Waals surface area contributed by atoms with Crippen LogP contribution in [0.15, 0.2) is 0 Å². The van der Waals surface area contributed by atoms with Gasteiger partial charge in [0.15, 0.2) is 5.13 Å². The summed E-state index contributed by atoms with van der Waals surface area (Å²) in [4.78, 5) is 21.3. The zero-order chi connectivity index (χ0) is 14.1. The Kier molecular flexibility index (Phi) is 3.80. The van der Waals surface area contributed by atoms with Gasteiger partial charge in [0.05, 0.1) is 6.61 Å². The first kappa shape index (κ1) is 13.6. The first-order chi connectivity index (χ1) is 9.70. The number of carbonyl (C=O) groups is 1. The molecule has 0 bridgehead atoms. The van der Waals surface area contributed by atoms with E-state index in [1.165, 1.54) is 24.2 Å². The second-order valence-corrected chi connectivity index (χ2v) is 6.34. The van der Waals surface area contributed by atoms with E-state index in [1.54, 1.807) is 4.90 Å². The highest BCUT2D eigenvalue weighted by Gasteiger charge is 2.34. The number of nitrogen functional groups attached to an aromatic ring is 1. The molecule has 0 spiro atoms. The maximum absolute atomic E-state index is 12.6. The maximum Gasteiger partial charge on any atom is 0.268 e. The van der Waals surface area contributed by atoms with Crippen molar-refractivity contribution in [2.24, 2.45) is 0 Å². The molecule has 20 heavy (non-hydrogen) atoms. The predicted molar refractivity (Wildman–Crippen MR) is 79.1 cm³/mol. The van der Waals surface area contributed by atoms with Gasteiger partial charge < -0.3 is 20.6 Å². The quantitative estimate of drug-likeness (QED) is 0.844. The highest BCUT2D eigenvalue weighted by molar-refractivity contribution is 7.18. The van der Waals surface area contributed by atoms with E-state index in [0.717, 1.165) is 31.1 Å². The molecule has 0 aromatic carbocycles. The number of amides is 1. The van der Waals surface area contributed by atoms with E-state index in [-0.39, 0.29) is 18.6 Å². The summed E-state index contributed by atoms with van der Waals surface area (Å²) in [6.07, 6.45) is 4.37. The van der Waals surface area contributed by atoms with Gasteiger partial charge in [-0.05, 0) is 25.7 Å². The van der Waals surface area contributed by atoms with Crippen LogP contribution in [0.5, 0.6) is 0 Å². The van der Waals surface area contributed by atoms with E-state index in [2.05, 4.69) is 9.88 Å². The third-order valence-corrected chi connectivity index (χ3v) is 4.92. The monoisotopic (exact) mass is 296 g/mol. The number of nitrogens with two attached hydrogens (primary N) is 1. The molecule has 0 atom stereocenters. The molecule has 1 aliphatic carbocycles. The van der Waals surface area contributed by atoms with E-state index in [9.17, 15) is 4.79 Å². The highest BCUT2D eigenvalue weighted by Crippen LogP contribution is 2.34. The van der Waals surface area contributed by atoms with Crippen molar-refractivity contribution in [1.29, 1.82) is 0 Å². The van der Waals surface area contributed by atoms with E-state index >= 15 is 0 Å². The number of thiazole rings is 1. The number of aliphatic hydroxyl groups is 1. The molecule has 1 saturated carbocycles. The number of aliphatic hydroxyl groups excluding tert-OH is 1. The van der Waals surface area contributed by atoms with E-state index < -0.39 is 0 Å². The Morgan fingerprint density at radius 2 is 2.15 bits per heavy atom. The molecule has 2 fully saturated rings. The zero-order valence-corrected chi connectivity index (χ0v) is 12.2. The van der Waals surface area contributed by atoms with Crippen LogP contribution in [0.1, 0.15) is 35.4 Å². The van der Waals surface area contributed by atoms with Gasteiger partial charge in [-0.3, -0.25) is 4.79 Å². The lowest BCUT2D eigenvalue weighted by molar-refractivity contribution is 0.0713. The Hall–Kier alpha value is -1.34. The molecule has 7 heteroatoms. The summed E-state index contributed by atoms with van der Waals surface area (Å²) in [5.74, 6) is 0.243. The molecular weight excluding hydrogens is 276 g/mol. The van der Waals surface area contributed by atoms with Crippen LogP contribution in [0, 0.1) is 0 Å². The largest absolute Gasteiger partial charge is 0.395 e. The molecule has 3 N–H and O–H groups in total. The summed E-state index contributed by atoms with van der Waals surface area (Å²) in [7, 11) is 0. The SMILES string of the molecule is Nc1nc(N2CCCC2)sc1C(=O)N(CCO)C1CC1. The van der Waals surface area contributed by atoms with Crippen molar-refractivity contribution in [1.82, 2.24) is 9.88 Å². The average Bonchev–Trinajstić information content (AvgIpc) is 2.98. The van der Waals surface area contributed by atoms with E-state index in [1.807, 2.05) is 0 Å². The van der Waals surface area contributed by atoms with Crippen molar-refractivity contribution in [3.8, 4) is 0 Å². The molecule has 2 aliphatic rings. The number of rotatable bonds is 5. The Labute approximate surface area is 122 Å². The summed E-state index contributed by atoms with van der Waals surface area (Å²) in [5.41, 5.74) is 5.93. The molecule has 6 nitrogen and oxygen atoms in total. The lowest BCUT2D eigenvalue weighted by atomic mass is 10.3. The van der Waals surface area contributed by atoms with Crippen molar-refractivity contribution in [2.75, 3.05) is 36.9 Å². The number of anilines is 2. The lowest BCUT2D eigenvalue weighted by Crippen LogP contribution is -2.35. The van der Waals surface area contributed by atoms with Gasteiger partial charge in [-0.25, -0.2) is 4.98 Å².